The second-order valence-corrected chi connectivity index (χ2v) is 17.8. The molecule has 0 spiro atoms. The average molecular weight is 607 g/mol. The Bertz CT molecular complexity index is 1440. The number of halogens is 2. The van der Waals surface area contributed by atoms with Gasteiger partial charge in [-0.05, 0) is 48.1 Å². The van der Waals surface area contributed by atoms with Crippen molar-refractivity contribution < 1.29 is 21.4 Å². The molecule has 1 aromatic heterocycles. The van der Waals surface area contributed by atoms with E-state index in [4.69, 9.17) is 28.3 Å². The van der Waals surface area contributed by atoms with Crippen LogP contribution in [-0.4, -0.2) is 8.24 Å². The van der Waals surface area contributed by atoms with Gasteiger partial charge in [0.05, 0.1) is 0 Å². The molecule has 1 aliphatic heterocycles. The van der Waals surface area contributed by atoms with Crippen molar-refractivity contribution in [2.24, 2.45) is 11.8 Å². The van der Waals surface area contributed by atoms with E-state index in [2.05, 4.69) is 121 Å². The van der Waals surface area contributed by atoms with Crippen LogP contribution in [-0.2, 0) is 17.0 Å². The van der Waals surface area contributed by atoms with Crippen molar-refractivity contribution >= 4 is 60.6 Å². The molecular formula is C32H32Cl2N2OSiTi-2. The summed E-state index contributed by atoms with van der Waals surface area (Å²) in [6.45, 7) is 5.11. The fourth-order valence-corrected chi connectivity index (χ4v) is 10.9. The summed E-state index contributed by atoms with van der Waals surface area (Å²) in [6, 6.07) is 28.0. The zero-order chi connectivity index (χ0) is 26.3. The molecule has 200 valence electrons. The van der Waals surface area contributed by atoms with Crippen molar-refractivity contribution in [3.8, 4) is 0 Å². The summed E-state index contributed by atoms with van der Waals surface area (Å²) >= 11 is -0.556. The number of nitrogens with zero attached hydrogens (tertiary/aromatic N) is 2. The summed E-state index contributed by atoms with van der Waals surface area (Å²) in [5, 5.41) is 6.21. The van der Waals surface area contributed by atoms with Crippen molar-refractivity contribution in [3.63, 3.8) is 0 Å². The zero-order valence-corrected chi connectivity index (χ0v) is 26.5. The first-order valence-electron chi connectivity index (χ1n) is 13.0. The van der Waals surface area contributed by atoms with Crippen molar-refractivity contribution in [1.82, 2.24) is 0 Å². The van der Waals surface area contributed by atoms with Crippen LogP contribution in [0.3, 0.4) is 0 Å². The topological polar surface area (TPSA) is 30.5 Å². The molecular weight excluding hydrogens is 575 g/mol. The van der Waals surface area contributed by atoms with E-state index in [1.165, 1.54) is 16.8 Å². The van der Waals surface area contributed by atoms with E-state index in [-0.39, 0.29) is 7.43 Å². The van der Waals surface area contributed by atoms with Gasteiger partial charge in [0.1, 0.15) is 11.3 Å². The van der Waals surface area contributed by atoms with Crippen LogP contribution in [0.15, 0.2) is 108 Å². The number of furan rings is 1. The first-order valence-corrected chi connectivity index (χ1v) is 20.3. The van der Waals surface area contributed by atoms with Gasteiger partial charge in [-0.2, -0.15) is 0 Å². The second kappa shape index (κ2) is 11.7. The number of para-hydroxylation sites is 5. The van der Waals surface area contributed by atoms with Crippen molar-refractivity contribution in [2.75, 3.05) is 4.57 Å². The predicted molar refractivity (Wildman–Crippen MR) is 166 cm³/mol. The molecule has 3 aliphatic rings. The fourth-order valence-electron chi connectivity index (χ4n) is 6.83. The standard InChI is InChI=1S/C31H29N2OSi.CH3.2ClH.Ti/c1-35(2,33-27-16-8-6-14-25(27)32-26-15-7-9-17-28(26)33)31-20-24(22-12-4-5-13-23(22)31)30-19-21-11-3-10-18-29(21)34-30;;;;/h3-19,22-24,31H,20H2,1-2H3;1H3;2*1H;/q2*-1;;;+2/p-2/t22-,23+,24+,31?;;;;/m1..../s1. The zero-order valence-electron chi connectivity index (χ0n) is 22.4. The summed E-state index contributed by atoms with van der Waals surface area (Å²) in [7, 11) is 7.73. The van der Waals surface area contributed by atoms with Crippen molar-refractivity contribution in [3.05, 3.63) is 122 Å². The molecule has 4 atom stereocenters. The van der Waals surface area contributed by atoms with Crippen molar-refractivity contribution in [1.29, 1.82) is 0 Å². The number of anilines is 2. The van der Waals surface area contributed by atoms with Crippen LogP contribution < -0.4 is 4.57 Å². The molecule has 1 fully saturated rings. The molecule has 2 heterocycles. The van der Waals surface area contributed by atoms with Gasteiger partial charge in [-0.15, -0.1) is 11.4 Å². The third kappa shape index (κ3) is 5.07. The van der Waals surface area contributed by atoms with Gasteiger partial charge in [0.15, 0.2) is 8.24 Å². The van der Waals surface area contributed by atoms with Crippen LogP contribution in [0.5, 0.6) is 0 Å². The summed E-state index contributed by atoms with van der Waals surface area (Å²) in [5.74, 6) is 2.52. The van der Waals surface area contributed by atoms with Crippen LogP contribution >= 0.6 is 18.6 Å². The van der Waals surface area contributed by atoms with Gasteiger partial charge in [0.25, 0.3) is 0 Å². The third-order valence-corrected chi connectivity index (χ3v) is 12.5. The van der Waals surface area contributed by atoms with Gasteiger partial charge in [-0.3, -0.25) is 0 Å². The summed E-state index contributed by atoms with van der Waals surface area (Å²) in [4.78, 5) is 0. The third-order valence-electron chi connectivity index (χ3n) is 8.44. The van der Waals surface area contributed by atoms with Crippen LogP contribution in [0.1, 0.15) is 18.1 Å². The predicted octanol–water partition coefficient (Wildman–Crippen LogP) is 11.2. The van der Waals surface area contributed by atoms with Gasteiger partial charge in [0, 0.05) is 22.7 Å². The van der Waals surface area contributed by atoms with E-state index >= 15 is 0 Å². The monoisotopic (exact) mass is 606 g/mol. The Morgan fingerprint density at radius 2 is 1.41 bits per heavy atom. The van der Waals surface area contributed by atoms with Gasteiger partial charge >= 0.3 is 35.6 Å². The first-order chi connectivity index (χ1) is 18.5. The number of hydrogen-bond acceptors (Lipinski definition) is 2. The first kappa shape index (κ1) is 28.3. The molecule has 0 amide bonds. The van der Waals surface area contributed by atoms with E-state index < -0.39 is 25.3 Å². The second-order valence-electron chi connectivity index (χ2n) is 10.7. The molecule has 39 heavy (non-hydrogen) atoms. The minimum absolute atomic E-state index is 0. The van der Waals surface area contributed by atoms with E-state index in [0.29, 0.717) is 23.3 Å². The van der Waals surface area contributed by atoms with E-state index in [1.54, 1.807) is 0 Å². The Balaban J connectivity index is 0.000000739. The van der Waals surface area contributed by atoms with Crippen LogP contribution in [0.25, 0.3) is 16.3 Å². The Hall–Kier alpha value is -2.21. The SMILES string of the molecule is C[Si](C)(C1C[C@H](c2cc3ccccc3o2)[C@@H]2C=CC=C[C@H]12)N1c2ccccc2[N-]c2ccccc21.[CH3-].[Cl][Ti][Cl]. The number of rotatable bonds is 3. The molecule has 4 aromatic rings. The Labute approximate surface area is 249 Å². The molecule has 0 bridgehead atoms. The maximum absolute atomic E-state index is 6.45. The maximum atomic E-state index is 6.45. The Morgan fingerprint density at radius 3 is 2.05 bits per heavy atom. The molecule has 1 saturated carbocycles. The molecule has 7 heteroatoms. The molecule has 7 rings (SSSR count). The van der Waals surface area contributed by atoms with Crippen LogP contribution in [0.2, 0.25) is 18.6 Å². The number of fused-ring (bicyclic) bond motifs is 4. The molecule has 2 aliphatic carbocycles. The Morgan fingerprint density at radius 1 is 0.846 bits per heavy atom. The molecule has 0 saturated heterocycles. The summed E-state index contributed by atoms with van der Waals surface area (Å²) < 4.78 is 9.14. The molecule has 0 radical (unpaired) electrons. The molecule has 0 N–H and O–H groups in total. The van der Waals surface area contributed by atoms with E-state index in [1.807, 2.05) is 0 Å². The van der Waals surface area contributed by atoms with E-state index in [9.17, 15) is 0 Å². The van der Waals surface area contributed by atoms with Gasteiger partial charge < -0.3 is 21.7 Å². The quantitative estimate of drug-likeness (QED) is 0.171. The Kier molecular flexibility index (Phi) is 8.51. The molecule has 1 unspecified atom stereocenters. The average Bonchev–Trinajstić information content (AvgIpc) is 3.54. The number of allylic oxidation sites excluding steroid dienone is 4. The fraction of sp³-hybridized carbons (Fsp3) is 0.219. The summed E-state index contributed by atoms with van der Waals surface area (Å²) in [6.07, 6.45) is 10.5. The number of hydrogen-bond donors (Lipinski definition) is 0. The van der Waals surface area contributed by atoms with Gasteiger partial charge in [-0.25, -0.2) is 0 Å². The molecule has 3 nitrogen and oxygen atoms in total. The van der Waals surface area contributed by atoms with Gasteiger partial charge in [0.2, 0.25) is 0 Å². The minimum atomic E-state index is -2.05. The van der Waals surface area contributed by atoms with Crippen molar-refractivity contribution in [2.45, 2.75) is 31.0 Å². The van der Waals surface area contributed by atoms with Crippen LogP contribution in [0.4, 0.5) is 22.7 Å². The van der Waals surface area contributed by atoms with Crippen LogP contribution in [0, 0.1) is 19.3 Å². The summed E-state index contributed by atoms with van der Waals surface area (Å²) in [5.41, 5.74) is 6.23. The number of benzene rings is 3. The van der Waals surface area contributed by atoms with Gasteiger partial charge in [-0.1, -0.05) is 92.0 Å². The normalized spacial score (nSPS) is 22.5. The van der Waals surface area contributed by atoms with E-state index in [0.717, 1.165) is 29.1 Å². The molecule has 3 aromatic carbocycles.